The molecule has 2 aromatic rings. The van der Waals surface area contributed by atoms with Crippen molar-refractivity contribution in [2.75, 3.05) is 26.9 Å². The topological polar surface area (TPSA) is 116 Å². The summed E-state index contributed by atoms with van der Waals surface area (Å²) in [5, 5.41) is 10.6. The highest BCUT2D eigenvalue weighted by molar-refractivity contribution is 5.97. The maximum absolute atomic E-state index is 12.8. The molecule has 8 nitrogen and oxygen atoms in total. The number of hydrogen-bond donors (Lipinski definition) is 3. The zero-order chi connectivity index (χ0) is 22.2. The molecule has 1 saturated heterocycles. The minimum absolute atomic E-state index is 0.250. The Hall–Kier alpha value is -2.97. The molecular formula is C23H29N3O5. The number of ether oxygens (including phenoxy) is 2. The summed E-state index contributed by atoms with van der Waals surface area (Å²) in [5.41, 5.74) is 0.932. The molecule has 3 N–H and O–H groups in total. The highest BCUT2D eigenvalue weighted by atomic mass is 16.5. The van der Waals surface area contributed by atoms with E-state index in [9.17, 15) is 14.4 Å². The molecule has 1 heterocycles. The molecule has 8 heteroatoms. The minimum Gasteiger partial charge on any atom is -0.465 e. The lowest BCUT2D eigenvalue weighted by molar-refractivity contribution is -0.143. The Kier molecular flexibility index (Phi) is 7.97. The van der Waals surface area contributed by atoms with Crippen LogP contribution < -0.4 is 16.0 Å². The van der Waals surface area contributed by atoms with Crippen molar-refractivity contribution in [3.8, 4) is 0 Å². The Morgan fingerprint density at radius 2 is 1.87 bits per heavy atom. The number of benzene rings is 2. The molecule has 2 amide bonds. The van der Waals surface area contributed by atoms with E-state index >= 15 is 0 Å². The first-order valence-corrected chi connectivity index (χ1v) is 10.5. The van der Waals surface area contributed by atoms with Crippen molar-refractivity contribution in [2.24, 2.45) is 0 Å². The molecule has 0 spiro atoms. The Labute approximate surface area is 181 Å². The van der Waals surface area contributed by atoms with E-state index in [1.165, 1.54) is 0 Å². The van der Waals surface area contributed by atoms with Crippen LogP contribution in [0.2, 0.25) is 0 Å². The van der Waals surface area contributed by atoms with Gasteiger partial charge in [-0.2, -0.15) is 0 Å². The Morgan fingerprint density at radius 3 is 2.61 bits per heavy atom. The van der Waals surface area contributed by atoms with Gasteiger partial charge in [-0.05, 0) is 29.7 Å². The Bertz CT molecular complexity index is 932. The summed E-state index contributed by atoms with van der Waals surface area (Å²) in [4.78, 5) is 37.2. The fourth-order valence-electron chi connectivity index (χ4n) is 3.42. The first-order valence-electron chi connectivity index (χ1n) is 10.5. The van der Waals surface area contributed by atoms with Crippen molar-refractivity contribution in [2.45, 2.75) is 37.9 Å². The molecule has 1 fully saturated rings. The van der Waals surface area contributed by atoms with Gasteiger partial charge in [0.2, 0.25) is 11.8 Å². The monoisotopic (exact) mass is 427 g/mol. The van der Waals surface area contributed by atoms with E-state index in [4.69, 9.17) is 9.47 Å². The molecular weight excluding hydrogens is 398 g/mol. The normalized spacial score (nSPS) is 18.3. The lowest BCUT2D eigenvalue weighted by Crippen LogP contribution is -2.50. The second kappa shape index (κ2) is 10.9. The van der Waals surface area contributed by atoms with Crippen LogP contribution in [0.15, 0.2) is 42.5 Å². The smallest absolute Gasteiger partial charge is 0.325 e. The van der Waals surface area contributed by atoms with Crippen LogP contribution in [-0.4, -0.2) is 62.8 Å². The summed E-state index contributed by atoms with van der Waals surface area (Å²) in [6.07, 6.45) is 1.01. The van der Waals surface area contributed by atoms with E-state index in [-0.39, 0.29) is 12.5 Å². The van der Waals surface area contributed by atoms with Crippen LogP contribution in [0.4, 0.5) is 0 Å². The van der Waals surface area contributed by atoms with Crippen molar-refractivity contribution >= 4 is 28.6 Å². The Morgan fingerprint density at radius 1 is 1.10 bits per heavy atom. The van der Waals surface area contributed by atoms with E-state index in [1.807, 2.05) is 42.5 Å². The molecule has 0 saturated carbocycles. The summed E-state index contributed by atoms with van der Waals surface area (Å²) in [5.74, 6) is -1.13. The molecule has 0 bridgehead atoms. The number of nitrogens with one attached hydrogen (secondary N) is 3. The molecule has 3 atom stereocenters. The van der Waals surface area contributed by atoms with Crippen molar-refractivity contribution in [3.05, 3.63) is 48.0 Å². The van der Waals surface area contributed by atoms with Crippen LogP contribution in [0.3, 0.4) is 0 Å². The highest BCUT2D eigenvalue weighted by Gasteiger charge is 2.49. The fourth-order valence-corrected chi connectivity index (χ4v) is 3.42. The van der Waals surface area contributed by atoms with Crippen molar-refractivity contribution in [1.29, 1.82) is 0 Å². The van der Waals surface area contributed by atoms with Crippen LogP contribution >= 0.6 is 0 Å². The number of carbonyl (C=O) groups excluding carboxylic acids is 3. The van der Waals surface area contributed by atoms with Crippen molar-refractivity contribution < 1.29 is 23.9 Å². The molecule has 0 radical (unpaired) electrons. The van der Waals surface area contributed by atoms with E-state index in [2.05, 4.69) is 16.0 Å². The van der Waals surface area contributed by atoms with Crippen LogP contribution in [-0.2, 0) is 30.3 Å². The number of hydrogen-bond acceptors (Lipinski definition) is 6. The molecule has 0 aliphatic carbocycles. The quantitative estimate of drug-likeness (QED) is 0.279. The van der Waals surface area contributed by atoms with Crippen molar-refractivity contribution in [3.63, 3.8) is 0 Å². The van der Waals surface area contributed by atoms with E-state index in [0.717, 1.165) is 16.3 Å². The van der Waals surface area contributed by atoms with E-state index < -0.39 is 30.0 Å². The van der Waals surface area contributed by atoms with Gasteiger partial charge in [-0.25, -0.2) is 0 Å². The average molecular weight is 428 g/mol. The molecule has 3 rings (SSSR count). The molecule has 31 heavy (non-hydrogen) atoms. The maximum atomic E-state index is 12.8. The SMILES string of the molecule is CCOC(=O)[C@@H]1N[C@H]1C(=O)N[C@@H](Cc1ccc2ccccc2c1)C(=O)NCCCOC. The van der Waals surface area contributed by atoms with Crippen molar-refractivity contribution in [1.82, 2.24) is 16.0 Å². The van der Waals surface area contributed by atoms with Crippen LogP contribution in [0.1, 0.15) is 18.9 Å². The predicted molar refractivity (Wildman–Crippen MR) is 116 cm³/mol. The highest BCUT2D eigenvalue weighted by Crippen LogP contribution is 2.18. The van der Waals surface area contributed by atoms with Gasteiger partial charge in [0, 0.05) is 26.7 Å². The van der Waals surface area contributed by atoms with Crippen LogP contribution in [0.25, 0.3) is 10.8 Å². The second-order valence-electron chi connectivity index (χ2n) is 7.46. The molecule has 0 aromatic heterocycles. The maximum Gasteiger partial charge on any atom is 0.325 e. The van der Waals surface area contributed by atoms with Gasteiger partial charge in [-0.1, -0.05) is 42.5 Å². The third kappa shape index (κ3) is 6.26. The summed E-state index contributed by atoms with van der Waals surface area (Å²) in [6.45, 7) is 2.95. The van der Waals surface area contributed by atoms with E-state index in [1.54, 1.807) is 14.0 Å². The van der Waals surface area contributed by atoms with Gasteiger partial charge in [0.25, 0.3) is 0 Å². The Balaban J connectivity index is 1.67. The predicted octanol–water partition coefficient (Wildman–Crippen LogP) is 0.923. The largest absolute Gasteiger partial charge is 0.465 e. The molecule has 1 aliphatic heterocycles. The van der Waals surface area contributed by atoms with Gasteiger partial charge < -0.3 is 20.1 Å². The molecule has 1 aliphatic rings. The van der Waals surface area contributed by atoms with E-state index in [0.29, 0.717) is 26.0 Å². The second-order valence-corrected chi connectivity index (χ2v) is 7.46. The number of methoxy groups -OCH3 is 1. The number of carbonyl (C=O) groups is 3. The van der Waals surface area contributed by atoms with Gasteiger partial charge in [-0.15, -0.1) is 0 Å². The standard InChI is InChI=1S/C23H29N3O5/c1-3-31-23(29)20-19(26-20)22(28)25-18(21(27)24-11-6-12-30-2)14-15-9-10-16-7-4-5-8-17(16)13-15/h4-5,7-10,13,18-20,26H,3,6,11-12,14H2,1-2H3,(H,24,27)(H,25,28)/t18-,19+,20+/m0/s1. The number of fused-ring (bicyclic) bond motifs is 1. The third-order valence-corrected chi connectivity index (χ3v) is 5.12. The van der Waals surface area contributed by atoms with Gasteiger partial charge in [-0.3, -0.25) is 19.7 Å². The van der Waals surface area contributed by atoms with Crippen LogP contribution in [0, 0.1) is 0 Å². The zero-order valence-electron chi connectivity index (χ0n) is 17.9. The fraction of sp³-hybridized carbons (Fsp3) is 0.435. The van der Waals surface area contributed by atoms with Gasteiger partial charge in [0.15, 0.2) is 0 Å². The molecule has 0 unspecified atom stereocenters. The zero-order valence-corrected chi connectivity index (χ0v) is 17.9. The number of esters is 1. The molecule has 2 aromatic carbocycles. The van der Waals surface area contributed by atoms with Gasteiger partial charge in [0.05, 0.1) is 6.61 Å². The van der Waals surface area contributed by atoms with Crippen LogP contribution in [0.5, 0.6) is 0 Å². The summed E-state index contributed by atoms with van der Waals surface area (Å²) < 4.78 is 9.94. The first kappa shape index (κ1) is 22.7. The summed E-state index contributed by atoms with van der Waals surface area (Å²) in [6, 6.07) is 11.8. The summed E-state index contributed by atoms with van der Waals surface area (Å²) in [7, 11) is 1.60. The van der Waals surface area contributed by atoms with Gasteiger partial charge >= 0.3 is 5.97 Å². The lowest BCUT2D eigenvalue weighted by atomic mass is 10.0. The number of rotatable bonds is 11. The number of amides is 2. The summed E-state index contributed by atoms with van der Waals surface area (Å²) >= 11 is 0. The molecule has 166 valence electrons. The minimum atomic E-state index is -0.763. The van der Waals surface area contributed by atoms with Gasteiger partial charge in [0.1, 0.15) is 18.1 Å². The third-order valence-electron chi connectivity index (χ3n) is 5.12. The average Bonchev–Trinajstić information content (AvgIpc) is 3.57. The lowest BCUT2D eigenvalue weighted by Gasteiger charge is -2.19. The first-order chi connectivity index (χ1) is 15.0.